The minimum Gasteiger partial charge on any atom is -0.337 e. The van der Waals surface area contributed by atoms with Gasteiger partial charge in [-0.15, -0.1) is 12.4 Å². The molecule has 1 unspecified atom stereocenters. The van der Waals surface area contributed by atoms with Crippen LogP contribution in [0.4, 0.5) is 0 Å². The fraction of sp³-hybridized carbons (Fsp3) is 0.647. The largest absolute Gasteiger partial charge is 0.337 e. The Bertz CT molecular complexity index is 695. The fourth-order valence-electron chi connectivity index (χ4n) is 3.02. The molecule has 1 atom stereocenters. The van der Waals surface area contributed by atoms with Crippen LogP contribution >= 0.6 is 12.4 Å². The summed E-state index contributed by atoms with van der Waals surface area (Å²) in [5.41, 5.74) is 1.06. The highest BCUT2D eigenvalue weighted by Gasteiger charge is 2.19. The molecule has 1 N–H and O–H groups in total. The van der Waals surface area contributed by atoms with Crippen LogP contribution in [-0.4, -0.2) is 50.9 Å². The van der Waals surface area contributed by atoms with E-state index in [1.54, 1.807) is 16.6 Å². The molecule has 0 radical (unpaired) electrons. The molecule has 0 saturated carbocycles. The minimum absolute atomic E-state index is 0. The molecule has 3 rings (SSSR count). The average Bonchev–Trinajstić information content (AvgIpc) is 3.26. The van der Waals surface area contributed by atoms with Crippen molar-refractivity contribution in [3.63, 3.8) is 0 Å². The van der Waals surface area contributed by atoms with E-state index in [0.717, 1.165) is 38.0 Å². The van der Waals surface area contributed by atoms with Crippen molar-refractivity contribution in [2.24, 2.45) is 0 Å². The molecule has 0 aromatic carbocycles. The third-order valence-electron chi connectivity index (χ3n) is 4.46. The molecule has 26 heavy (non-hydrogen) atoms. The maximum atomic E-state index is 12.4. The van der Waals surface area contributed by atoms with E-state index in [-0.39, 0.29) is 24.9 Å². The molecule has 144 valence electrons. The molecule has 8 nitrogen and oxygen atoms in total. The molecule has 1 aliphatic heterocycles. The van der Waals surface area contributed by atoms with Crippen molar-refractivity contribution in [1.29, 1.82) is 0 Å². The number of rotatable bonds is 7. The lowest BCUT2D eigenvalue weighted by Crippen LogP contribution is -2.30. The van der Waals surface area contributed by atoms with E-state index in [2.05, 4.69) is 27.5 Å². The monoisotopic (exact) mass is 382 g/mol. The van der Waals surface area contributed by atoms with E-state index < -0.39 is 0 Å². The standard InChI is InChI=1S/C17H26N6O2.ClH/c1-3-5-15-19-16(25-21-15)11-22(2)17(24)12-23-9-7-14(20-23)13-6-4-8-18-10-13;/h7,9,13,18H,3-6,8,10-12H2,1-2H3;1H. The molecular formula is C17H27ClN6O2. The number of piperidine rings is 1. The first-order chi connectivity index (χ1) is 12.2. The average molecular weight is 383 g/mol. The zero-order chi connectivity index (χ0) is 17.6. The highest BCUT2D eigenvalue weighted by molar-refractivity contribution is 5.85. The SMILES string of the molecule is CCCc1noc(CN(C)C(=O)Cn2ccc(C3CCCNC3)n2)n1.Cl. The number of aryl methyl sites for hydroxylation is 1. The maximum absolute atomic E-state index is 12.4. The van der Waals surface area contributed by atoms with Crippen molar-refractivity contribution in [3.05, 3.63) is 29.7 Å². The van der Waals surface area contributed by atoms with Crippen molar-refractivity contribution in [2.75, 3.05) is 20.1 Å². The molecule has 0 bridgehead atoms. The van der Waals surface area contributed by atoms with Crippen LogP contribution in [-0.2, 0) is 24.3 Å². The quantitative estimate of drug-likeness (QED) is 0.784. The number of likely N-dealkylation sites (N-methyl/N-ethyl adjacent to an activating group) is 1. The van der Waals surface area contributed by atoms with Gasteiger partial charge in [0.2, 0.25) is 11.8 Å². The van der Waals surface area contributed by atoms with E-state index in [1.807, 2.05) is 12.3 Å². The number of nitrogens with one attached hydrogen (secondary N) is 1. The smallest absolute Gasteiger partial charge is 0.246 e. The molecule has 1 amide bonds. The van der Waals surface area contributed by atoms with Crippen LogP contribution in [0.3, 0.4) is 0 Å². The van der Waals surface area contributed by atoms with Gasteiger partial charge in [0.1, 0.15) is 6.54 Å². The first-order valence-corrected chi connectivity index (χ1v) is 8.95. The Labute approximate surface area is 159 Å². The molecule has 1 saturated heterocycles. The number of amides is 1. The molecule has 2 aromatic rings. The molecule has 0 spiro atoms. The lowest BCUT2D eigenvalue weighted by molar-refractivity contribution is -0.131. The van der Waals surface area contributed by atoms with Crippen LogP contribution in [0, 0.1) is 0 Å². The molecule has 1 aliphatic rings. The van der Waals surface area contributed by atoms with Crippen molar-refractivity contribution in [1.82, 2.24) is 30.1 Å². The third-order valence-corrected chi connectivity index (χ3v) is 4.46. The summed E-state index contributed by atoms with van der Waals surface area (Å²) in [6, 6.07) is 2.01. The highest BCUT2D eigenvalue weighted by Crippen LogP contribution is 2.21. The second-order valence-corrected chi connectivity index (χ2v) is 6.59. The Kier molecular flexibility index (Phi) is 7.59. The van der Waals surface area contributed by atoms with E-state index >= 15 is 0 Å². The molecule has 0 aliphatic carbocycles. The van der Waals surface area contributed by atoms with Crippen LogP contribution in [0.15, 0.2) is 16.8 Å². The van der Waals surface area contributed by atoms with Crippen LogP contribution in [0.1, 0.15) is 49.5 Å². The van der Waals surface area contributed by atoms with Gasteiger partial charge < -0.3 is 14.7 Å². The summed E-state index contributed by atoms with van der Waals surface area (Å²) in [4.78, 5) is 18.3. The number of halogens is 1. The molecule has 9 heteroatoms. The van der Waals surface area contributed by atoms with Gasteiger partial charge >= 0.3 is 0 Å². The third kappa shape index (κ3) is 5.28. The Balaban J connectivity index is 0.00000243. The number of nitrogens with zero attached hydrogens (tertiary/aromatic N) is 5. The summed E-state index contributed by atoms with van der Waals surface area (Å²) in [5.74, 6) is 1.56. The molecule has 1 fully saturated rings. The second kappa shape index (κ2) is 9.68. The van der Waals surface area contributed by atoms with Crippen LogP contribution in [0.2, 0.25) is 0 Å². The normalized spacial score (nSPS) is 16.9. The van der Waals surface area contributed by atoms with Crippen molar-refractivity contribution >= 4 is 18.3 Å². The zero-order valence-corrected chi connectivity index (χ0v) is 16.2. The minimum atomic E-state index is -0.0355. The lowest BCUT2D eigenvalue weighted by atomic mass is 9.97. The van der Waals surface area contributed by atoms with Gasteiger partial charge in [-0.2, -0.15) is 10.1 Å². The lowest BCUT2D eigenvalue weighted by Gasteiger charge is -2.20. The van der Waals surface area contributed by atoms with Crippen LogP contribution < -0.4 is 5.32 Å². The van der Waals surface area contributed by atoms with E-state index in [0.29, 0.717) is 24.2 Å². The summed E-state index contributed by atoms with van der Waals surface area (Å²) < 4.78 is 6.89. The van der Waals surface area contributed by atoms with Gasteiger partial charge in [0.05, 0.1) is 12.2 Å². The predicted octanol–water partition coefficient (Wildman–Crippen LogP) is 1.77. The Hall–Kier alpha value is -1.93. The molecule has 3 heterocycles. The number of carbonyl (C=O) groups is 1. The van der Waals surface area contributed by atoms with E-state index in [9.17, 15) is 4.79 Å². The summed E-state index contributed by atoms with van der Waals surface area (Å²) in [7, 11) is 1.74. The van der Waals surface area contributed by atoms with Gasteiger partial charge in [0.15, 0.2) is 5.82 Å². The fourth-order valence-corrected chi connectivity index (χ4v) is 3.02. The first kappa shape index (κ1) is 20.4. The summed E-state index contributed by atoms with van der Waals surface area (Å²) in [6.45, 7) is 4.63. The van der Waals surface area contributed by atoms with Gasteiger partial charge in [-0.25, -0.2) is 0 Å². The predicted molar refractivity (Wildman–Crippen MR) is 99.1 cm³/mol. The summed E-state index contributed by atoms with van der Waals surface area (Å²) >= 11 is 0. The second-order valence-electron chi connectivity index (χ2n) is 6.59. The maximum Gasteiger partial charge on any atom is 0.246 e. The van der Waals surface area contributed by atoms with Gasteiger partial charge in [-0.1, -0.05) is 12.1 Å². The van der Waals surface area contributed by atoms with Gasteiger partial charge in [0, 0.05) is 32.1 Å². The summed E-state index contributed by atoms with van der Waals surface area (Å²) in [5, 5.41) is 11.9. The Morgan fingerprint density at radius 3 is 3.08 bits per heavy atom. The van der Waals surface area contributed by atoms with Gasteiger partial charge in [-0.05, 0) is 31.9 Å². The topological polar surface area (TPSA) is 89.1 Å². The Morgan fingerprint density at radius 2 is 2.35 bits per heavy atom. The van der Waals surface area contributed by atoms with Crippen molar-refractivity contribution in [2.45, 2.75) is 51.6 Å². The van der Waals surface area contributed by atoms with E-state index in [1.165, 1.54) is 6.42 Å². The molecular weight excluding hydrogens is 356 g/mol. The van der Waals surface area contributed by atoms with Crippen LogP contribution in [0.25, 0.3) is 0 Å². The van der Waals surface area contributed by atoms with Crippen molar-refractivity contribution < 1.29 is 9.32 Å². The number of hydrogen-bond donors (Lipinski definition) is 1. The van der Waals surface area contributed by atoms with Crippen LogP contribution in [0.5, 0.6) is 0 Å². The Morgan fingerprint density at radius 1 is 1.50 bits per heavy atom. The van der Waals surface area contributed by atoms with Gasteiger partial charge in [0.25, 0.3) is 0 Å². The van der Waals surface area contributed by atoms with Crippen molar-refractivity contribution in [3.8, 4) is 0 Å². The number of aromatic nitrogens is 4. The number of hydrogen-bond acceptors (Lipinski definition) is 6. The van der Waals surface area contributed by atoms with Gasteiger partial charge in [-0.3, -0.25) is 9.48 Å². The molecule has 2 aromatic heterocycles. The summed E-state index contributed by atoms with van der Waals surface area (Å²) in [6.07, 6.45) is 5.94. The first-order valence-electron chi connectivity index (χ1n) is 8.95. The highest BCUT2D eigenvalue weighted by atomic mass is 35.5. The zero-order valence-electron chi connectivity index (χ0n) is 15.3. The van der Waals surface area contributed by atoms with E-state index in [4.69, 9.17) is 4.52 Å². The number of carbonyl (C=O) groups excluding carboxylic acids is 1.